The molecule has 0 radical (unpaired) electrons. The van der Waals surface area contributed by atoms with Crippen molar-refractivity contribution in [3.8, 4) is 45.3 Å². The maximum absolute atomic E-state index is 6.51. The molecule has 9 aromatic rings. The predicted molar refractivity (Wildman–Crippen MR) is 249 cm³/mol. The van der Waals surface area contributed by atoms with Gasteiger partial charge in [0.15, 0.2) is 17.5 Å². The maximum Gasteiger partial charge on any atom is 0.164 e. The summed E-state index contributed by atoms with van der Waals surface area (Å²) in [7, 11) is 0. The molecule has 0 saturated carbocycles. The van der Waals surface area contributed by atoms with Crippen LogP contribution in [0.3, 0.4) is 0 Å². The summed E-state index contributed by atoms with van der Waals surface area (Å²) in [5.41, 5.74) is 8.77. The Morgan fingerprint density at radius 3 is 2.00 bits per heavy atom. The highest BCUT2D eigenvalue weighted by molar-refractivity contribution is 6.12. The van der Waals surface area contributed by atoms with E-state index in [-0.39, 0.29) is 0 Å². The molecule has 2 heterocycles. The van der Waals surface area contributed by atoms with Crippen LogP contribution in [0.4, 0.5) is 0 Å². The number of hydrogen-bond acceptors (Lipinski definition) is 4. The lowest BCUT2D eigenvalue weighted by molar-refractivity contribution is 0.669. The maximum atomic E-state index is 6.51. The molecule has 2 aromatic heterocycles. The lowest BCUT2D eigenvalue weighted by atomic mass is 9.97. The third-order valence-corrected chi connectivity index (χ3v) is 10.4. The van der Waals surface area contributed by atoms with E-state index in [0.717, 1.165) is 66.1 Å². The fraction of sp³-hybridized carbons (Fsp3) is 0.0364. The Morgan fingerprint density at radius 2 is 1.15 bits per heavy atom. The molecule has 0 saturated heterocycles. The number of hydrogen-bond donors (Lipinski definition) is 0. The summed E-state index contributed by atoms with van der Waals surface area (Å²) in [6.45, 7) is 4.03. The van der Waals surface area contributed by atoms with Crippen molar-refractivity contribution in [2.75, 3.05) is 0 Å². The second-order valence-electron chi connectivity index (χ2n) is 14.3. The first-order valence-electron chi connectivity index (χ1n) is 19.9. The largest absolute Gasteiger partial charge is 0.456 e. The Balaban J connectivity index is 1.12. The minimum Gasteiger partial charge on any atom is -0.456 e. The van der Waals surface area contributed by atoms with Gasteiger partial charge >= 0.3 is 0 Å². The molecule has 4 heteroatoms. The lowest BCUT2D eigenvalue weighted by Crippen LogP contribution is -2.00. The Hall–Kier alpha value is -7.69. The van der Waals surface area contributed by atoms with Crippen LogP contribution in [0.1, 0.15) is 19.4 Å². The van der Waals surface area contributed by atoms with Gasteiger partial charge in [-0.25, -0.2) is 15.0 Å². The second kappa shape index (κ2) is 16.8. The van der Waals surface area contributed by atoms with Crippen molar-refractivity contribution in [2.24, 2.45) is 0 Å². The zero-order chi connectivity index (χ0) is 40.0. The first kappa shape index (κ1) is 36.9. The average Bonchev–Trinajstić information content (AvgIpc) is 3.67. The molecule has 0 amide bonds. The normalized spacial score (nSPS) is 12.7. The van der Waals surface area contributed by atoms with E-state index in [0.29, 0.717) is 17.5 Å². The monoisotopic (exact) mass is 759 g/mol. The molecular weight excluding hydrogens is 719 g/mol. The SMILES string of the molecule is C/C=C\C=C/C=C/C(/C=C\C)=C/C=C/c1ccc2c(c1)oc1cccc(-c3nc(-c4ccc(-c5cccc6ccccc56)cc4)nc(-c4ccc5ccccc5c4)n3)c12. The molecular formula is C55H41N3O. The Morgan fingerprint density at radius 1 is 0.458 bits per heavy atom. The van der Waals surface area contributed by atoms with Crippen LogP contribution in [0.2, 0.25) is 0 Å². The van der Waals surface area contributed by atoms with E-state index < -0.39 is 0 Å². The number of rotatable bonds is 10. The van der Waals surface area contributed by atoms with Gasteiger partial charge in [-0.05, 0) is 81.9 Å². The third kappa shape index (κ3) is 7.85. The molecule has 9 rings (SSSR count). The molecule has 59 heavy (non-hydrogen) atoms. The van der Waals surface area contributed by atoms with Crippen molar-refractivity contribution < 1.29 is 4.42 Å². The van der Waals surface area contributed by atoms with Gasteiger partial charge in [0.1, 0.15) is 11.2 Å². The van der Waals surface area contributed by atoms with Crippen molar-refractivity contribution in [2.45, 2.75) is 13.8 Å². The van der Waals surface area contributed by atoms with Crippen LogP contribution in [0.15, 0.2) is 216 Å². The Labute approximate surface area is 344 Å². The second-order valence-corrected chi connectivity index (χ2v) is 14.3. The van der Waals surface area contributed by atoms with Crippen LogP contribution in [0.5, 0.6) is 0 Å². The van der Waals surface area contributed by atoms with Crippen molar-refractivity contribution in [3.63, 3.8) is 0 Å². The molecule has 0 fully saturated rings. The molecule has 0 aliphatic rings. The van der Waals surface area contributed by atoms with E-state index in [1.165, 1.54) is 16.3 Å². The van der Waals surface area contributed by atoms with Gasteiger partial charge in [0.2, 0.25) is 0 Å². The summed E-state index contributed by atoms with van der Waals surface area (Å²) in [5.74, 6) is 1.80. The molecule has 0 unspecified atom stereocenters. The minimum absolute atomic E-state index is 0.587. The molecule has 0 atom stereocenters. The van der Waals surface area contributed by atoms with E-state index in [4.69, 9.17) is 19.4 Å². The highest BCUT2D eigenvalue weighted by Crippen LogP contribution is 2.38. The third-order valence-electron chi connectivity index (χ3n) is 10.4. The molecule has 7 aromatic carbocycles. The first-order chi connectivity index (χ1) is 29.1. The van der Waals surface area contributed by atoms with Gasteiger partial charge in [-0.1, -0.05) is 188 Å². The van der Waals surface area contributed by atoms with E-state index in [1.54, 1.807) is 0 Å². The molecule has 282 valence electrons. The Bertz CT molecular complexity index is 3170. The highest BCUT2D eigenvalue weighted by Gasteiger charge is 2.18. The van der Waals surface area contributed by atoms with Crippen LogP contribution in [0.25, 0.3) is 94.8 Å². The number of furan rings is 1. The fourth-order valence-corrected chi connectivity index (χ4v) is 7.53. The minimum atomic E-state index is 0.587. The standard InChI is InChI=1S/C55H41N3O/c1-3-5-6-7-8-17-38(16-4-2)18-13-19-39-28-35-48-51(36-39)59-50-27-15-26-49(52(48)50)55-57-53(56-54(58-55)45-34-29-40-20-9-10-22-44(40)37-45)43-32-30-42(31-33-43)47-25-14-23-41-21-11-12-24-46(41)47/h3-37H,1-2H3/b5-3-,7-6-,16-4-,17-8+,19-13+,38-18+. The summed E-state index contributed by atoms with van der Waals surface area (Å²) >= 11 is 0. The number of allylic oxidation sites excluding steroid dienone is 11. The molecule has 0 N–H and O–H groups in total. The van der Waals surface area contributed by atoms with Crippen LogP contribution >= 0.6 is 0 Å². The van der Waals surface area contributed by atoms with Gasteiger partial charge in [-0.2, -0.15) is 0 Å². The first-order valence-corrected chi connectivity index (χ1v) is 19.9. The van der Waals surface area contributed by atoms with Gasteiger partial charge in [0.05, 0.1) is 0 Å². The van der Waals surface area contributed by atoms with Crippen LogP contribution in [-0.4, -0.2) is 15.0 Å². The summed E-state index contributed by atoms with van der Waals surface area (Å²) in [5, 5.41) is 6.70. The number of benzene rings is 7. The summed E-state index contributed by atoms with van der Waals surface area (Å²) in [6.07, 6.45) is 22.6. The summed E-state index contributed by atoms with van der Waals surface area (Å²) in [4.78, 5) is 15.5. The van der Waals surface area contributed by atoms with Gasteiger partial charge in [0, 0.05) is 27.5 Å². The van der Waals surface area contributed by atoms with E-state index in [9.17, 15) is 0 Å². The van der Waals surface area contributed by atoms with Crippen molar-refractivity contribution in [1.82, 2.24) is 15.0 Å². The zero-order valence-corrected chi connectivity index (χ0v) is 33.0. The van der Waals surface area contributed by atoms with Crippen molar-refractivity contribution in [3.05, 3.63) is 217 Å². The molecule has 0 spiro atoms. The summed E-state index contributed by atoms with van der Waals surface area (Å²) < 4.78 is 6.51. The molecule has 0 aliphatic heterocycles. The van der Waals surface area contributed by atoms with Crippen LogP contribution in [0, 0.1) is 0 Å². The van der Waals surface area contributed by atoms with Crippen molar-refractivity contribution >= 4 is 49.6 Å². The smallest absolute Gasteiger partial charge is 0.164 e. The zero-order valence-electron chi connectivity index (χ0n) is 33.0. The Kier molecular flexibility index (Phi) is 10.5. The highest BCUT2D eigenvalue weighted by atomic mass is 16.3. The predicted octanol–water partition coefficient (Wildman–Crippen LogP) is 14.9. The average molecular weight is 760 g/mol. The number of nitrogens with zero attached hydrogens (tertiary/aromatic N) is 3. The van der Waals surface area contributed by atoms with Gasteiger partial charge in [0.25, 0.3) is 0 Å². The quantitative estimate of drug-likeness (QED) is 0.130. The van der Waals surface area contributed by atoms with Gasteiger partial charge < -0.3 is 4.42 Å². The molecule has 0 aliphatic carbocycles. The number of aromatic nitrogens is 3. The van der Waals surface area contributed by atoms with E-state index in [2.05, 4.69) is 164 Å². The lowest BCUT2D eigenvalue weighted by Gasteiger charge is -2.11. The number of fused-ring (bicyclic) bond motifs is 5. The van der Waals surface area contributed by atoms with E-state index in [1.807, 2.05) is 62.4 Å². The van der Waals surface area contributed by atoms with Crippen molar-refractivity contribution in [1.29, 1.82) is 0 Å². The van der Waals surface area contributed by atoms with Crippen LogP contribution in [-0.2, 0) is 0 Å². The molecule has 4 nitrogen and oxygen atoms in total. The van der Waals surface area contributed by atoms with Crippen LogP contribution < -0.4 is 0 Å². The van der Waals surface area contributed by atoms with Gasteiger partial charge in [-0.15, -0.1) is 0 Å². The molecule has 0 bridgehead atoms. The topological polar surface area (TPSA) is 51.8 Å². The fourth-order valence-electron chi connectivity index (χ4n) is 7.53. The van der Waals surface area contributed by atoms with E-state index >= 15 is 0 Å². The summed E-state index contributed by atoms with van der Waals surface area (Å²) in [6, 6.07) is 50.6. The van der Waals surface area contributed by atoms with Gasteiger partial charge in [-0.3, -0.25) is 0 Å².